The molecule has 3 N–H and O–H groups in total. The van der Waals surface area contributed by atoms with Gasteiger partial charge in [0.1, 0.15) is 5.75 Å². The lowest BCUT2D eigenvalue weighted by Gasteiger charge is -2.48. The lowest BCUT2D eigenvalue weighted by molar-refractivity contribution is -0.145. The Morgan fingerprint density at radius 1 is 1.20 bits per heavy atom. The molecule has 0 aliphatic carbocycles. The molecule has 0 aromatic heterocycles. The maximum Gasteiger partial charge on any atom is 0.394 e. The number of nitrogens with zero attached hydrogens (tertiary/aromatic N) is 1. The SMILES string of the molecule is CCOc1cccc(C2(CCCN(C)C)C(=O)NC(=O)CC2(C)C)c1.O=S(=O)(O)O. The quantitative estimate of drug-likeness (QED) is 0.430. The van der Waals surface area contributed by atoms with Gasteiger partial charge in [0.05, 0.1) is 12.0 Å². The van der Waals surface area contributed by atoms with Gasteiger partial charge in [0, 0.05) is 6.42 Å². The number of carbonyl (C=O) groups excluding carboxylic acids is 2. The molecular formula is C20H32N2O7S. The second kappa shape index (κ2) is 10.3. The first-order valence-electron chi connectivity index (χ1n) is 9.65. The molecule has 1 aromatic rings. The summed E-state index contributed by atoms with van der Waals surface area (Å²) >= 11 is 0. The molecule has 0 bridgehead atoms. The molecule has 0 radical (unpaired) electrons. The molecule has 1 aliphatic heterocycles. The van der Waals surface area contributed by atoms with Crippen molar-refractivity contribution < 1.29 is 31.8 Å². The molecule has 1 fully saturated rings. The fourth-order valence-electron chi connectivity index (χ4n) is 3.93. The van der Waals surface area contributed by atoms with Crippen LogP contribution in [0.3, 0.4) is 0 Å². The summed E-state index contributed by atoms with van der Waals surface area (Å²) in [7, 11) is -0.615. The molecule has 1 heterocycles. The van der Waals surface area contributed by atoms with E-state index in [1.165, 1.54) is 0 Å². The Kier molecular flexibility index (Phi) is 8.97. The number of imide groups is 1. The van der Waals surface area contributed by atoms with Crippen LogP contribution in [0.15, 0.2) is 24.3 Å². The number of hydrogen-bond donors (Lipinski definition) is 3. The van der Waals surface area contributed by atoms with Crippen molar-refractivity contribution in [3.63, 3.8) is 0 Å². The van der Waals surface area contributed by atoms with Gasteiger partial charge in [-0.3, -0.25) is 24.0 Å². The summed E-state index contributed by atoms with van der Waals surface area (Å²) in [6, 6.07) is 7.76. The van der Waals surface area contributed by atoms with E-state index in [-0.39, 0.29) is 11.8 Å². The summed E-state index contributed by atoms with van der Waals surface area (Å²) in [6.07, 6.45) is 1.89. The van der Waals surface area contributed by atoms with Crippen LogP contribution in [0.25, 0.3) is 0 Å². The predicted octanol–water partition coefficient (Wildman–Crippen LogP) is 2.08. The number of hydrogen-bond acceptors (Lipinski definition) is 6. The fourth-order valence-corrected chi connectivity index (χ4v) is 3.93. The Balaban J connectivity index is 0.000000804. The normalized spacial score (nSPS) is 20.9. The Morgan fingerprint density at radius 2 is 1.80 bits per heavy atom. The molecular weight excluding hydrogens is 412 g/mol. The highest BCUT2D eigenvalue weighted by atomic mass is 32.3. The maximum absolute atomic E-state index is 13.1. The third-order valence-electron chi connectivity index (χ3n) is 5.19. The fraction of sp³-hybridized carbons (Fsp3) is 0.600. The monoisotopic (exact) mass is 444 g/mol. The number of carbonyl (C=O) groups is 2. The van der Waals surface area contributed by atoms with E-state index in [9.17, 15) is 9.59 Å². The van der Waals surface area contributed by atoms with Crippen LogP contribution in [0.5, 0.6) is 5.75 Å². The van der Waals surface area contributed by atoms with E-state index in [1.54, 1.807) is 0 Å². The highest BCUT2D eigenvalue weighted by Crippen LogP contribution is 2.50. The van der Waals surface area contributed by atoms with E-state index in [2.05, 4.69) is 10.2 Å². The molecule has 1 atom stereocenters. The summed E-state index contributed by atoms with van der Waals surface area (Å²) in [5.41, 5.74) is -0.291. The lowest BCUT2D eigenvalue weighted by atomic mass is 9.56. The van der Waals surface area contributed by atoms with Crippen molar-refractivity contribution in [3.05, 3.63) is 29.8 Å². The van der Waals surface area contributed by atoms with Gasteiger partial charge >= 0.3 is 10.4 Å². The molecule has 2 amide bonds. The number of amides is 2. The van der Waals surface area contributed by atoms with E-state index in [1.807, 2.05) is 59.1 Å². The first-order chi connectivity index (χ1) is 13.7. The average molecular weight is 445 g/mol. The minimum absolute atomic E-state index is 0.193. The summed E-state index contributed by atoms with van der Waals surface area (Å²) in [5.74, 6) is 0.368. The molecule has 1 saturated heterocycles. The minimum Gasteiger partial charge on any atom is -0.494 e. The van der Waals surface area contributed by atoms with Crippen LogP contribution >= 0.6 is 0 Å². The van der Waals surface area contributed by atoms with E-state index in [4.69, 9.17) is 22.3 Å². The van der Waals surface area contributed by atoms with E-state index in [0.717, 1.165) is 24.3 Å². The van der Waals surface area contributed by atoms with Gasteiger partial charge < -0.3 is 9.64 Å². The second-order valence-corrected chi connectivity index (χ2v) is 9.05. The van der Waals surface area contributed by atoms with Crippen molar-refractivity contribution >= 4 is 22.2 Å². The highest BCUT2D eigenvalue weighted by molar-refractivity contribution is 7.79. The molecule has 1 aromatic carbocycles. The van der Waals surface area contributed by atoms with Gasteiger partial charge in [0.2, 0.25) is 11.8 Å². The van der Waals surface area contributed by atoms with Crippen LogP contribution in [0.2, 0.25) is 0 Å². The molecule has 170 valence electrons. The number of nitrogens with one attached hydrogen (secondary N) is 1. The molecule has 10 heteroatoms. The van der Waals surface area contributed by atoms with Crippen molar-refractivity contribution in [2.75, 3.05) is 27.2 Å². The zero-order valence-corrected chi connectivity index (χ0v) is 19.0. The van der Waals surface area contributed by atoms with Crippen LogP contribution < -0.4 is 10.1 Å². The molecule has 0 spiro atoms. The Bertz CT molecular complexity index is 844. The highest BCUT2D eigenvalue weighted by Gasteiger charge is 2.55. The molecule has 1 unspecified atom stereocenters. The largest absolute Gasteiger partial charge is 0.494 e. The van der Waals surface area contributed by atoms with Crippen molar-refractivity contribution in [2.45, 2.75) is 45.4 Å². The summed E-state index contributed by atoms with van der Waals surface area (Å²) in [5, 5.41) is 2.58. The second-order valence-electron chi connectivity index (χ2n) is 8.16. The summed E-state index contributed by atoms with van der Waals surface area (Å²) < 4.78 is 37.2. The van der Waals surface area contributed by atoms with Gasteiger partial charge in [0.25, 0.3) is 0 Å². The van der Waals surface area contributed by atoms with Crippen molar-refractivity contribution in [3.8, 4) is 5.75 Å². The van der Waals surface area contributed by atoms with Gasteiger partial charge in [0.15, 0.2) is 0 Å². The topological polar surface area (TPSA) is 133 Å². The molecule has 9 nitrogen and oxygen atoms in total. The number of rotatable bonds is 7. The Morgan fingerprint density at radius 3 is 2.30 bits per heavy atom. The predicted molar refractivity (Wildman–Crippen MR) is 113 cm³/mol. The van der Waals surface area contributed by atoms with E-state index < -0.39 is 21.2 Å². The van der Waals surface area contributed by atoms with E-state index in [0.29, 0.717) is 19.4 Å². The lowest BCUT2D eigenvalue weighted by Crippen LogP contribution is -2.61. The van der Waals surface area contributed by atoms with Gasteiger partial charge in [-0.1, -0.05) is 26.0 Å². The minimum atomic E-state index is -4.67. The Hall–Kier alpha value is -2.01. The third-order valence-corrected chi connectivity index (χ3v) is 5.19. The first kappa shape index (κ1) is 26.0. The number of ether oxygens (including phenoxy) is 1. The van der Waals surface area contributed by atoms with Crippen LogP contribution in [-0.4, -0.2) is 61.5 Å². The van der Waals surface area contributed by atoms with Crippen molar-refractivity contribution in [2.24, 2.45) is 5.41 Å². The van der Waals surface area contributed by atoms with Crippen LogP contribution in [0, 0.1) is 5.41 Å². The standard InChI is InChI=1S/C20H30N2O3.H2O4S/c1-6-25-16-10-7-9-15(13-16)20(11-8-12-22(4)5)18(24)21-17(23)14-19(20,2)3;1-5(2,3)4/h7,9-10,13H,6,8,11-12,14H2,1-5H3,(H,21,23,24);(H2,1,2,3,4). The molecule has 0 saturated carbocycles. The average Bonchev–Trinajstić information content (AvgIpc) is 2.55. The molecule has 1 aliphatic rings. The maximum atomic E-state index is 13.1. The number of piperidine rings is 1. The van der Waals surface area contributed by atoms with E-state index >= 15 is 0 Å². The molecule has 2 rings (SSSR count). The third kappa shape index (κ3) is 7.05. The van der Waals surface area contributed by atoms with Crippen LogP contribution in [0.1, 0.15) is 45.6 Å². The zero-order valence-electron chi connectivity index (χ0n) is 18.1. The van der Waals surface area contributed by atoms with Crippen LogP contribution in [-0.2, 0) is 25.4 Å². The van der Waals surface area contributed by atoms with Gasteiger partial charge in [-0.2, -0.15) is 8.42 Å². The Labute approximate surface area is 178 Å². The molecule has 30 heavy (non-hydrogen) atoms. The van der Waals surface area contributed by atoms with Crippen molar-refractivity contribution in [1.82, 2.24) is 10.2 Å². The van der Waals surface area contributed by atoms with Crippen LogP contribution in [0.4, 0.5) is 0 Å². The summed E-state index contributed by atoms with van der Waals surface area (Å²) in [4.78, 5) is 27.2. The summed E-state index contributed by atoms with van der Waals surface area (Å²) in [6.45, 7) is 7.45. The smallest absolute Gasteiger partial charge is 0.394 e. The zero-order chi connectivity index (χ0) is 23.2. The van der Waals surface area contributed by atoms with Gasteiger partial charge in [-0.05, 0) is 63.5 Å². The van der Waals surface area contributed by atoms with Gasteiger partial charge in [-0.25, -0.2) is 0 Å². The van der Waals surface area contributed by atoms with Crippen molar-refractivity contribution in [1.29, 1.82) is 0 Å². The van der Waals surface area contributed by atoms with Gasteiger partial charge in [-0.15, -0.1) is 0 Å². The number of benzene rings is 1. The first-order valence-corrected chi connectivity index (χ1v) is 11.0.